The lowest BCUT2D eigenvalue weighted by molar-refractivity contribution is 0.0917. The summed E-state index contributed by atoms with van der Waals surface area (Å²) in [6, 6.07) is 3.99. The molecular weight excluding hydrogens is 284 g/mol. The van der Waals surface area contributed by atoms with Gasteiger partial charge >= 0.3 is 0 Å². The van der Waals surface area contributed by atoms with Crippen LogP contribution in [0.15, 0.2) is 16.5 Å². The van der Waals surface area contributed by atoms with Crippen LogP contribution >= 0.6 is 11.8 Å². The minimum Gasteiger partial charge on any atom is -0.454 e. The number of carbonyl (C=O) groups excluding carboxylic acids is 1. The Labute approximate surface area is 131 Å². The number of furan rings is 1. The first-order chi connectivity index (χ1) is 10.2. The summed E-state index contributed by atoms with van der Waals surface area (Å²) in [6.07, 6.45) is 6.90. The first kappa shape index (κ1) is 16.4. The van der Waals surface area contributed by atoms with Gasteiger partial charge in [0.15, 0.2) is 5.76 Å². The van der Waals surface area contributed by atoms with Crippen molar-refractivity contribution in [3.05, 3.63) is 23.7 Å². The summed E-state index contributed by atoms with van der Waals surface area (Å²) in [4.78, 5) is 14.4. The molecule has 1 aromatic rings. The number of carbonyl (C=O) groups is 1. The smallest absolute Gasteiger partial charge is 0.286 e. The molecule has 1 fully saturated rings. The summed E-state index contributed by atoms with van der Waals surface area (Å²) >= 11 is 1.79. The Morgan fingerprint density at radius 1 is 1.38 bits per heavy atom. The molecule has 1 atom stereocenters. The molecule has 1 unspecified atom stereocenters. The highest BCUT2D eigenvalue weighted by Crippen LogP contribution is 2.25. The maximum Gasteiger partial charge on any atom is 0.286 e. The van der Waals surface area contributed by atoms with Gasteiger partial charge in [-0.15, -0.1) is 0 Å². The molecule has 2 rings (SSSR count). The molecule has 1 aliphatic rings. The van der Waals surface area contributed by atoms with Gasteiger partial charge in [0.1, 0.15) is 5.76 Å². The molecule has 0 saturated carbocycles. The molecule has 1 amide bonds. The Bertz CT molecular complexity index is 441. The van der Waals surface area contributed by atoms with Gasteiger partial charge in [-0.3, -0.25) is 9.69 Å². The van der Waals surface area contributed by atoms with E-state index in [4.69, 9.17) is 4.42 Å². The van der Waals surface area contributed by atoms with E-state index in [2.05, 4.69) is 23.4 Å². The fraction of sp³-hybridized carbons (Fsp3) is 0.688. The molecule has 118 valence electrons. The Balaban J connectivity index is 1.86. The first-order valence-electron chi connectivity index (χ1n) is 7.83. The predicted octanol–water partition coefficient (Wildman–Crippen LogP) is 3.31. The zero-order valence-electron chi connectivity index (χ0n) is 13.1. The summed E-state index contributed by atoms with van der Waals surface area (Å²) in [6.45, 7) is 5.11. The largest absolute Gasteiger partial charge is 0.454 e. The Hall–Kier alpha value is -0.940. The molecule has 5 heteroatoms. The van der Waals surface area contributed by atoms with Crippen LogP contribution < -0.4 is 5.32 Å². The van der Waals surface area contributed by atoms with E-state index in [0.717, 1.165) is 31.0 Å². The molecule has 0 aromatic carbocycles. The summed E-state index contributed by atoms with van der Waals surface area (Å²) in [7, 11) is 0. The van der Waals surface area contributed by atoms with Crippen molar-refractivity contribution in [2.75, 3.05) is 31.6 Å². The molecule has 4 nitrogen and oxygen atoms in total. The molecule has 21 heavy (non-hydrogen) atoms. The lowest BCUT2D eigenvalue weighted by Gasteiger charge is -2.31. The molecule has 1 N–H and O–H groups in total. The van der Waals surface area contributed by atoms with E-state index >= 15 is 0 Å². The average Bonchev–Trinajstić information content (AvgIpc) is 3.01. The highest BCUT2D eigenvalue weighted by molar-refractivity contribution is 7.98. The quantitative estimate of drug-likeness (QED) is 0.785. The van der Waals surface area contributed by atoms with Crippen LogP contribution in [0, 0.1) is 0 Å². The third kappa shape index (κ3) is 4.78. The molecule has 0 aliphatic carbocycles. The highest BCUT2D eigenvalue weighted by Gasteiger charge is 2.21. The molecule has 1 aromatic heterocycles. The molecular formula is C16H26N2O2S. The van der Waals surface area contributed by atoms with Crippen molar-refractivity contribution >= 4 is 17.7 Å². The Morgan fingerprint density at radius 2 is 2.14 bits per heavy atom. The van der Waals surface area contributed by atoms with Crippen LogP contribution in [-0.2, 0) is 0 Å². The third-order valence-corrected chi connectivity index (χ3v) is 4.71. The SMILES string of the molecule is CSCCCNC(=O)c1ccc(C(C)N2CCCCC2)o1. The lowest BCUT2D eigenvalue weighted by Crippen LogP contribution is -2.32. The monoisotopic (exact) mass is 310 g/mol. The van der Waals surface area contributed by atoms with Gasteiger partial charge < -0.3 is 9.73 Å². The highest BCUT2D eigenvalue weighted by atomic mass is 32.2. The van der Waals surface area contributed by atoms with Gasteiger partial charge in [-0.2, -0.15) is 11.8 Å². The summed E-state index contributed by atoms with van der Waals surface area (Å²) < 4.78 is 5.76. The van der Waals surface area contributed by atoms with Crippen LogP contribution in [0.4, 0.5) is 0 Å². The van der Waals surface area contributed by atoms with Gasteiger partial charge in [0, 0.05) is 6.54 Å². The van der Waals surface area contributed by atoms with Crippen LogP contribution in [0.5, 0.6) is 0 Å². The van der Waals surface area contributed by atoms with Crippen molar-refractivity contribution in [2.24, 2.45) is 0 Å². The second-order valence-electron chi connectivity index (χ2n) is 5.58. The van der Waals surface area contributed by atoms with E-state index in [9.17, 15) is 4.79 Å². The van der Waals surface area contributed by atoms with Crippen LogP contribution in [0.2, 0.25) is 0 Å². The van der Waals surface area contributed by atoms with E-state index in [1.54, 1.807) is 17.8 Å². The third-order valence-electron chi connectivity index (χ3n) is 4.01. The minimum atomic E-state index is -0.104. The van der Waals surface area contributed by atoms with Crippen LogP contribution in [0.3, 0.4) is 0 Å². The first-order valence-corrected chi connectivity index (χ1v) is 9.22. The molecule has 0 radical (unpaired) electrons. The molecule has 0 spiro atoms. The topological polar surface area (TPSA) is 45.5 Å². The minimum absolute atomic E-state index is 0.104. The van der Waals surface area contributed by atoms with Crippen LogP contribution in [0.25, 0.3) is 0 Å². The number of hydrogen-bond donors (Lipinski definition) is 1. The van der Waals surface area contributed by atoms with Gasteiger partial charge in [-0.05, 0) is 63.4 Å². The fourth-order valence-corrected chi connectivity index (χ4v) is 3.12. The van der Waals surface area contributed by atoms with Crippen molar-refractivity contribution in [1.29, 1.82) is 0 Å². The second-order valence-corrected chi connectivity index (χ2v) is 6.56. The van der Waals surface area contributed by atoms with Crippen molar-refractivity contribution in [3.63, 3.8) is 0 Å². The number of rotatable bonds is 7. The number of amides is 1. The summed E-state index contributed by atoms with van der Waals surface area (Å²) in [5.74, 6) is 2.28. The molecule has 1 saturated heterocycles. The Kier molecular flexibility index (Phi) is 6.64. The summed E-state index contributed by atoms with van der Waals surface area (Å²) in [5.41, 5.74) is 0. The number of piperidine rings is 1. The second kappa shape index (κ2) is 8.49. The van der Waals surface area contributed by atoms with Gasteiger partial charge in [-0.25, -0.2) is 0 Å². The number of hydrogen-bond acceptors (Lipinski definition) is 4. The molecule has 2 heterocycles. The van der Waals surface area contributed by atoms with Gasteiger partial charge in [-0.1, -0.05) is 6.42 Å². The van der Waals surface area contributed by atoms with E-state index in [1.165, 1.54) is 19.3 Å². The van der Waals surface area contributed by atoms with Crippen molar-refractivity contribution in [2.45, 2.75) is 38.6 Å². The fourth-order valence-electron chi connectivity index (χ4n) is 2.69. The zero-order chi connectivity index (χ0) is 15.1. The Morgan fingerprint density at radius 3 is 2.86 bits per heavy atom. The molecule has 0 bridgehead atoms. The number of nitrogens with zero attached hydrogens (tertiary/aromatic N) is 1. The van der Waals surface area contributed by atoms with Gasteiger partial charge in [0.2, 0.25) is 0 Å². The van der Waals surface area contributed by atoms with Gasteiger partial charge in [0.05, 0.1) is 6.04 Å². The van der Waals surface area contributed by atoms with E-state index in [-0.39, 0.29) is 11.9 Å². The van der Waals surface area contributed by atoms with Crippen molar-refractivity contribution < 1.29 is 9.21 Å². The molecule has 1 aliphatic heterocycles. The predicted molar refractivity (Wildman–Crippen MR) is 87.9 cm³/mol. The number of likely N-dealkylation sites (tertiary alicyclic amines) is 1. The zero-order valence-corrected chi connectivity index (χ0v) is 13.9. The normalized spacial score (nSPS) is 17.6. The standard InChI is InChI=1S/C16H26N2O2S/c1-13(18-10-4-3-5-11-18)14-7-8-15(20-14)16(19)17-9-6-12-21-2/h7-8,13H,3-6,9-12H2,1-2H3,(H,17,19). The van der Waals surface area contributed by atoms with E-state index in [0.29, 0.717) is 12.3 Å². The van der Waals surface area contributed by atoms with Crippen LogP contribution in [-0.4, -0.2) is 42.4 Å². The van der Waals surface area contributed by atoms with Crippen molar-refractivity contribution in [1.82, 2.24) is 10.2 Å². The van der Waals surface area contributed by atoms with Crippen LogP contribution in [0.1, 0.15) is 55.0 Å². The lowest BCUT2D eigenvalue weighted by atomic mass is 10.1. The summed E-state index contributed by atoms with van der Waals surface area (Å²) in [5, 5.41) is 2.91. The van der Waals surface area contributed by atoms with Crippen molar-refractivity contribution in [3.8, 4) is 0 Å². The maximum atomic E-state index is 12.0. The van der Waals surface area contributed by atoms with Gasteiger partial charge in [0.25, 0.3) is 5.91 Å². The maximum absolute atomic E-state index is 12.0. The average molecular weight is 310 g/mol. The number of nitrogens with one attached hydrogen (secondary N) is 1. The van der Waals surface area contributed by atoms with E-state index in [1.807, 2.05) is 6.07 Å². The number of thioether (sulfide) groups is 1. The van der Waals surface area contributed by atoms with E-state index < -0.39 is 0 Å².